The minimum atomic E-state index is -0.979. The predicted octanol–water partition coefficient (Wildman–Crippen LogP) is 8.07. The monoisotopic (exact) mass is 911 g/mol. The van der Waals surface area contributed by atoms with Crippen molar-refractivity contribution >= 4 is 25.2 Å². The van der Waals surface area contributed by atoms with Gasteiger partial charge in [0.2, 0.25) is 5.91 Å². The van der Waals surface area contributed by atoms with Crippen molar-refractivity contribution in [2.24, 2.45) is 17.3 Å². The van der Waals surface area contributed by atoms with Gasteiger partial charge < -0.3 is 28.8 Å². The lowest BCUT2D eigenvalue weighted by atomic mass is 9.43. The summed E-state index contributed by atoms with van der Waals surface area (Å²) in [5.74, 6) is -0.901. The van der Waals surface area contributed by atoms with E-state index < -0.39 is 42.0 Å². The van der Waals surface area contributed by atoms with Gasteiger partial charge in [-0.05, 0) is 139 Å². The summed E-state index contributed by atoms with van der Waals surface area (Å²) in [5.41, 5.74) is 2.59. The molecule has 1 N–H and O–H groups in total. The maximum Gasteiger partial charge on any atom is 0.514 e. The number of para-hydroxylation sites is 1. The van der Waals surface area contributed by atoms with Crippen LogP contribution in [0.25, 0.3) is 5.69 Å². The molecular formula is C51H62BN7O8. The van der Waals surface area contributed by atoms with Crippen molar-refractivity contribution in [3.8, 4) is 11.4 Å². The summed E-state index contributed by atoms with van der Waals surface area (Å²) < 4.78 is 32.5. The summed E-state index contributed by atoms with van der Waals surface area (Å²) in [6.07, 6.45) is 6.41. The van der Waals surface area contributed by atoms with Crippen LogP contribution in [0.4, 0.5) is 4.79 Å². The van der Waals surface area contributed by atoms with Gasteiger partial charge in [-0.25, -0.2) is 14.3 Å². The summed E-state index contributed by atoms with van der Waals surface area (Å²) in [7, 11) is -0.832. The molecule has 9 rings (SSSR count). The molecule has 1 saturated heterocycles. The van der Waals surface area contributed by atoms with Crippen molar-refractivity contribution < 1.29 is 37.9 Å². The number of benzene rings is 2. The Morgan fingerprint density at radius 3 is 2.10 bits per heavy atom. The Labute approximate surface area is 393 Å². The van der Waals surface area contributed by atoms with Gasteiger partial charge in [-0.1, -0.05) is 55.5 Å². The highest BCUT2D eigenvalue weighted by atomic mass is 16.7. The fourth-order valence-electron chi connectivity index (χ4n) is 9.78. The molecule has 352 valence electrons. The van der Waals surface area contributed by atoms with E-state index in [1.165, 1.54) is 0 Å². The molecule has 5 aromatic rings. The van der Waals surface area contributed by atoms with Crippen molar-refractivity contribution in [3.63, 3.8) is 0 Å². The molecule has 16 heteroatoms. The van der Waals surface area contributed by atoms with Crippen LogP contribution in [0.15, 0.2) is 97.5 Å². The van der Waals surface area contributed by atoms with E-state index in [2.05, 4.69) is 51.3 Å². The molecule has 0 unspecified atom stereocenters. The highest BCUT2D eigenvalue weighted by molar-refractivity contribution is 6.48. The number of hydrogen-bond donors (Lipinski definition) is 1. The van der Waals surface area contributed by atoms with E-state index in [0.717, 1.165) is 41.2 Å². The van der Waals surface area contributed by atoms with Gasteiger partial charge >= 0.3 is 19.2 Å². The summed E-state index contributed by atoms with van der Waals surface area (Å²) in [4.78, 5) is 52.3. The van der Waals surface area contributed by atoms with Crippen LogP contribution in [-0.4, -0.2) is 83.9 Å². The number of amides is 1. The van der Waals surface area contributed by atoms with Crippen LogP contribution >= 0.6 is 0 Å². The van der Waals surface area contributed by atoms with Gasteiger partial charge in [0.15, 0.2) is 5.75 Å². The van der Waals surface area contributed by atoms with E-state index in [4.69, 9.17) is 23.5 Å². The lowest BCUT2D eigenvalue weighted by Gasteiger charge is -2.64. The molecule has 2 aromatic carbocycles. The third-order valence-corrected chi connectivity index (χ3v) is 13.1. The number of hydrogen-bond acceptors (Lipinski definition) is 13. The molecular weight excluding hydrogens is 849 g/mol. The number of nitrogens with one attached hydrogen (secondary N) is 1. The molecule has 1 aliphatic heterocycles. The van der Waals surface area contributed by atoms with Crippen LogP contribution in [-0.2, 0) is 56.1 Å². The molecule has 3 aromatic heterocycles. The second kappa shape index (κ2) is 19.0. The number of esters is 1. The van der Waals surface area contributed by atoms with Gasteiger partial charge in [-0.15, -0.1) is 5.10 Å². The van der Waals surface area contributed by atoms with Crippen molar-refractivity contribution in [2.45, 2.75) is 136 Å². The zero-order valence-electron chi connectivity index (χ0n) is 40.0. The highest BCUT2D eigenvalue weighted by Crippen LogP contribution is 2.65. The van der Waals surface area contributed by atoms with Crippen LogP contribution in [0.1, 0.15) is 114 Å². The molecule has 2 bridgehead atoms. The zero-order chi connectivity index (χ0) is 47.7. The van der Waals surface area contributed by atoms with E-state index in [9.17, 15) is 14.4 Å². The molecule has 0 spiro atoms. The Bertz CT molecular complexity index is 2500. The van der Waals surface area contributed by atoms with E-state index >= 15 is 0 Å². The van der Waals surface area contributed by atoms with Crippen LogP contribution < -0.4 is 10.1 Å². The first-order chi connectivity index (χ1) is 31.7. The first-order valence-corrected chi connectivity index (χ1v) is 23.1. The summed E-state index contributed by atoms with van der Waals surface area (Å²) in [5, 5.41) is 12.1. The number of rotatable bonds is 15. The standard InChI is InChI=1S/C51H62BN7O8/c1-48(2,3)64-46(61)40-18-14-15-34(45(40)63-47(62)65-49(4,5)6)26-43(52-66-42-28-35-27-41(50(35,7)8)51(42,9)67-52)55-44(60)25-33-19-21-39(22-20-33)59-32-38(56-57-59)31-58(29-36-16-10-12-23-53-36)30-37-17-11-13-24-54-37/h10-24,32,35,41-43H,25-31H2,1-9H3,(H,55,60)/t35-,41-,42+,43-,51-/m0/s1. The van der Waals surface area contributed by atoms with E-state index in [1.54, 1.807) is 76.8 Å². The number of carbonyl (C=O) groups is 3. The number of pyridine rings is 2. The average molecular weight is 912 g/mol. The van der Waals surface area contributed by atoms with E-state index in [0.29, 0.717) is 31.1 Å². The predicted molar refractivity (Wildman–Crippen MR) is 251 cm³/mol. The van der Waals surface area contributed by atoms with Gasteiger partial charge in [0.05, 0.1) is 53.0 Å². The molecule has 3 aliphatic carbocycles. The molecule has 3 saturated carbocycles. The van der Waals surface area contributed by atoms with Gasteiger partial charge in [0.1, 0.15) is 16.8 Å². The SMILES string of the molecule is CC(C)(C)OC(=O)Oc1c(C[C@H](NC(=O)Cc2ccc(-n3cc(CN(Cc4ccccn4)Cc4ccccn4)nn3)cc2)B2O[C@@H]3C[C@@H]4C[C@@H](C4(C)C)[C@]3(C)O2)cccc1C(=O)OC(C)(C)C. The number of nitrogens with zero attached hydrogens (tertiary/aromatic N) is 6. The van der Waals surface area contributed by atoms with Crippen molar-refractivity contribution in [2.75, 3.05) is 0 Å². The summed E-state index contributed by atoms with van der Waals surface area (Å²) in [6, 6.07) is 24.4. The second-order valence-electron chi connectivity index (χ2n) is 20.9. The molecule has 4 aliphatic rings. The highest BCUT2D eigenvalue weighted by Gasteiger charge is 2.68. The average Bonchev–Trinajstić information content (AvgIpc) is 3.87. The smallest absolute Gasteiger partial charge is 0.456 e. The Morgan fingerprint density at radius 2 is 1.49 bits per heavy atom. The third kappa shape index (κ3) is 11.3. The minimum Gasteiger partial charge on any atom is -0.456 e. The lowest BCUT2D eigenvalue weighted by molar-refractivity contribution is -0.199. The van der Waals surface area contributed by atoms with Crippen molar-refractivity contribution in [1.29, 1.82) is 0 Å². The fraction of sp³-hybridized carbons (Fsp3) is 0.471. The van der Waals surface area contributed by atoms with Crippen molar-refractivity contribution in [3.05, 3.63) is 131 Å². The van der Waals surface area contributed by atoms with Crippen LogP contribution in [0.5, 0.6) is 5.75 Å². The first-order valence-electron chi connectivity index (χ1n) is 23.1. The first kappa shape index (κ1) is 47.5. The number of ether oxygens (including phenoxy) is 3. The second-order valence-corrected chi connectivity index (χ2v) is 20.9. The van der Waals surface area contributed by atoms with Gasteiger partial charge in [0.25, 0.3) is 0 Å². The Balaban J connectivity index is 1.00. The molecule has 67 heavy (non-hydrogen) atoms. The maximum atomic E-state index is 14.2. The van der Waals surface area contributed by atoms with Gasteiger partial charge in [-0.3, -0.25) is 19.7 Å². The Hall–Kier alpha value is -5.97. The van der Waals surface area contributed by atoms with Gasteiger partial charge in [0, 0.05) is 32.0 Å². The van der Waals surface area contributed by atoms with Crippen LogP contribution in [0.3, 0.4) is 0 Å². The summed E-state index contributed by atoms with van der Waals surface area (Å²) >= 11 is 0. The lowest BCUT2D eigenvalue weighted by Crippen LogP contribution is -2.65. The minimum absolute atomic E-state index is 0.0174. The zero-order valence-corrected chi connectivity index (χ0v) is 40.0. The molecule has 5 atom stereocenters. The van der Waals surface area contributed by atoms with E-state index in [1.807, 2.05) is 66.9 Å². The molecule has 1 amide bonds. The van der Waals surface area contributed by atoms with E-state index in [-0.39, 0.29) is 47.5 Å². The summed E-state index contributed by atoms with van der Waals surface area (Å²) in [6.45, 7) is 18.9. The number of aromatic nitrogens is 5. The fourth-order valence-corrected chi connectivity index (χ4v) is 9.78. The topological polar surface area (TPSA) is 169 Å². The number of carbonyl (C=O) groups excluding carboxylic acids is 3. The van der Waals surface area contributed by atoms with Gasteiger partial charge in [-0.2, -0.15) is 0 Å². The molecule has 4 fully saturated rings. The van der Waals surface area contributed by atoms with Crippen LogP contribution in [0, 0.1) is 17.3 Å². The molecule has 15 nitrogen and oxygen atoms in total. The Morgan fingerprint density at radius 1 is 0.836 bits per heavy atom. The Kier molecular flexibility index (Phi) is 13.5. The maximum absolute atomic E-state index is 14.2. The third-order valence-electron chi connectivity index (χ3n) is 13.1. The van der Waals surface area contributed by atoms with Crippen LogP contribution in [0.2, 0.25) is 0 Å². The van der Waals surface area contributed by atoms with Crippen molar-refractivity contribution in [1.82, 2.24) is 35.2 Å². The normalized spacial score (nSPS) is 21.2. The molecule has 4 heterocycles. The quantitative estimate of drug-likeness (QED) is 0.0609. The largest absolute Gasteiger partial charge is 0.514 e. The molecule has 0 radical (unpaired) electrons.